The first-order valence-electron chi connectivity index (χ1n) is 8.60. The van der Waals surface area contributed by atoms with Crippen LogP contribution in [0.4, 0.5) is 0 Å². The standard InChI is InChI=1S/C21H23ClN2O2/c1-21(2,18-13-24-19-9-6-15(22)12-17(18)19)20(25)23-11-10-14-4-7-16(26-3)8-5-14/h4-9,12-13,24H,10-11H2,1-3H3,(H,23,25). The molecule has 0 atom stereocenters. The highest BCUT2D eigenvalue weighted by molar-refractivity contribution is 6.31. The van der Waals surface area contributed by atoms with Gasteiger partial charge in [0.05, 0.1) is 12.5 Å². The summed E-state index contributed by atoms with van der Waals surface area (Å²) >= 11 is 6.13. The van der Waals surface area contributed by atoms with Gasteiger partial charge in [0.15, 0.2) is 0 Å². The smallest absolute Gasteiger partial charge is 0.230 e. The number of ether oxygens (including phenoxy) is 1. The van der Waals surface area contributed by atoms with E-state index in [9.17, 15) is 4.79 Å². The first-order valence-corrected chi connectivity index (χ1v) is 8.98. The van der Waals surface area contributed by atoms with Gasteiger partial charge in [-0.3, -0.25) is 4.79 Å². The summed E-state index contributed by atoms with van der Waals surface area (Å²) in [6, 6.07) is 13.5. The number of amides is 1. The Kier molecular flexibility index (Phi) is 5.23. The average molecular weight is 371 g/mol. The molecule has 0 fully saturated rings. The fourth-order valence-corrected chi connectivity index (χ4v) is 3.24. The van der Waals surface area contributed by atoms with E-state index in [1.165, 1.54) is 0 Å². The van der Waals surface area contributed by atoms with Gasteiger partial charge in [-0.2, -0.15) is 0 Å². The van der Waals surface area contributed by atoms with Crippen molar-refractivity contribution in [3.8, 4) is 5.75 Å². The lowest BCUT2D eigenvalue weighted by Gasteiger charge is -2.23. The van der Waals surface area contributed by atoms with Crippen LogP contribution in [0.3, 0.4) is 0 Å². The van der Waals surface area contributed by atoms with Crippen molar-refractivity contribution < 1.29 is 9.53 Å². The van der Waals surface area contributed by atoms with Crippen molar-refractivity contribution in [1.29, 1.82) is 0 Å². The van der Waals surface area contributed by atoms with E-state index in [1.807, 2.05) is 62.5 Å². The summed E-state index contributed by atoms with van der Waals surface area (Å²) < 4.78 is 5.16. The Hall–Kier alpha value is -2.46. The summed E-state index contributed by atoms with van der Waals surface area (Å²) in [5, 5.41) is 4.69. The van der Waals surface area contributed by atoms with Crippen LogP contribution in [0.5, 0.6) is 5.75 Å². The molecule has 3 rings (SSSR count). The first-order chi connectivity index (χ1) is 12.4. The fraction of sp³-hybridized carbons (Fsp3) is 0.286. The van der Waals surface area contributed by atoms with Crippen LogP contribution in [-0.2, 0) is 16.6 Å². The molecule has 0 aliphatic rings. The van der Waals surface area contributed by atoms with Crippen molar-refractivity contribution in [1.82, 2.24) is 10.3 Å². The fourth-order valence-electron chi connectivity index (χ4n) is 3.07. The van der Waals surface area contributed by atoms with Gasteiger partial charge in [-0.25, -0.2) is 0 Å². The molecule has 0 saturated heterocycles. The zero-order valence-corrected chi connectivity index (χ0v) is 16.0. The molecule has 0 unspecified atom stereocenters. The molecule has 0 aliphatic heterocycles. The Morgan fingerprint density at radius 2 is 1.92 bits per heavy atom. The lowest BCUT2D eigenvalue weighted by Crippen LogP contribution is -2.40. The third-order valence-corrected chi connectivity index (χ3v) is 4.98. The molecule has 26 heavy (non-hydrogen) atoms. The summed E-state index contributed by atoms with van der Waals surface area (Å²) in [4.78, 5) is 16.0. The van der Waals surface area contributed by atoms with Crippen molar-refractivity contribution in [3.05, 3.63) is 64.8 Å². The summed E-state index contributed by atoms with van der Waals surface area (Å²) in [5.74, 6) is 0.823. The van der Waals surface area contributed by atoms with Gasteiger partial charge in [-0.1, -0.05) is 23.7 Å². The van der Waals surface area contributed by atoms with Crippen LogP contribution in [0.2, 0.25) is 5.02 Å². The number of fused-ring (bicyclic) bond motifs is 1. The molecule has 0 spiro atoms. The van der Waals surface area contributed by atoms with Gasteiger partial charge in [0.1, 0.15) is 5.75 Å². The van der Waals surface area contributed by atoms with E-state index in [1.54, 1.807) is 7.11 Å². The number of hydrogen-bond donors (Lipinski definition) is 2. The minimum atomic E-state index is -0.664. The molecule has 4 nitrogen and oxygen atoms in total. The zero-order chi connectivity index (χ0) is 18.7. The van der Waals surface area contributed by atoms with Crippen LogP contribution in [0.15, 0.2) is 48.7 Å². The van der Waals surface area contributed by atoms with E-state index in [4.69, 9.17) is 16.3 Å². The summed E-state index contributed by atoms with van der Waals surface area (Å²) in [6.45, 7) is 4.44. The minimum Gasteiger partial charge on any atom is -0.497 e. The molecule has 136 valence electrons. The Labute approximate surface area is 158 Å². The van der Waals surface area contributed by atoms with Crippen LogP contribution < -0.4 is 10.1 Å². The number of halogens is 1. The maximum atomic E-state index is 12.8. The molecule has 1 heterocycles. The number of aromatic nitrogens is 1. The van der Waals surface area contributed by atoms with Crippen LogP contribution in [0.1, 0.15) is 25.0 Å². The summed E-state index contributed by atoms with van der Waals surface area (Å²) in [5.41, 5.74) is 2.41. The minimum absolute atomic E-state index is 0.00751. The van der Waals surface area contributed by atoms with Crippen LogP contribution in [-0.4, -0.2) is 24.5 Å². The van der Waals surface area contributed by atoms with E-state index in [2.05, 4.69) is 10.3 Å². The second-order valence-corrected chi connectivity index (χ2v) is 7.31. The number of carbonyl (C=O) groups is 1. The molecule has 1 amide bonds. The summed E-state index contributed by atoms with van der Waals surface area (Å²) in [6.07, 6.45) is 2.66. The lowest BCUT2D eigenvalue weighted by molar-refractivity contribution is -0.125. The lowest BCUT2D eigenvalue weighted by atomic mass is 9.83. The van der Waals surface area contributed by atoms with Crippen LogP contribution >= 0.6 is 11.6 Å². The molecule has 0 saturated carbocycles. The predicted molar refractivity (Wildman–Crippen MR) is 106 cm³/mol. The largest absolute Gasteiger partial charge is 0.497 e. The number of nitrogens with one attached hydrogen (secondary N) is 2. The van der Waals surface area contributed by atoms with E-state index in [0.717, 1.165) is 34.2 Å². The number of rotatable bonds is 6. The van der Waals surface area contributed by atoms with Crippen LogP contribution in [0.25, 0.3) is 10.9 Å². The third kappa shape index (κ3) is 3.70. The average Bonchev–Trinajstić information content (AvgIpc) is 3.06. The first kappa shape index (κ1) is 18.3. The Bertz CT molecular complexity index is 913. The van der Waals surface area contributed by atoms with Crippen molar-refractivity contribution in [2.24, 2.45) is 0 Å². The Morgan fingerprint density at radius 1 is 1.19 bits per heavy atom. The van der Waals surface area contributed by atoms with Crippen molar-refractivity contribution in [2.75, 3.05) is 13.7 Å². The molecular weight excluding hydrogens is 348 g/mol. The van der Waals surface area contributed by atoms with Gasteiger partial charge in [0.25, 0.3) is 0 Å². The molecule has 1 aromatic heterocycles. The normalized spacial score (nSPS) is 11.5. The SMILES string of the molecule is COc1ccc(CCNC(=O)C(C)(C)c2c[nH]c3ccc(Cl)cc23)cc1. The number of H-pyrrole nitrogens is 1. The number of aromatic amines is 1. The molecule has 0 radical (unpaired) electrons. The summed E-state index contributed by atoms with van der Waals surface area (Å²) in [7, 11) is 1.65. The van der Waals surface area contributed by atoms with Crippen molar-refractivity contribution >= 4 is 28.4 Å². The molecule has 5 heteroatoms. The van der Waals surface area contributed by atoms with E-state index < -0.39 is 5.41 Å². The van der Waals surface area contributed by atoms with E-state index >= 15 is 0 Å². The maximum absolute atomic E-state index is 12.8. The topological polar surface area (TPSA) is 54.1 Å². The predicted octanol–water partition coefficient (Wildman–Crippen LogP) is 4.47. The Balaban J connectivity index is 1.68. The van der Waals surface area contributed by atoms with Crippen molar-refractivity contribution in [2.45, 2.75) is 25.7 Å². The molecular formula is C21H23ClN2O2. The van der Waals surface area contributed by atoms with E-state index in [0.29, 0.717) is 11.6 Å². The highest BCUT2D eigenvalue weighted by Crippen LogP contribution is 2.32. The molecule has 0 aliphatic carbocycles. The van der Waals surface area contributed by atoms with E-state index in [-0.39, 0.29) is 5.91 Å². The van der Waals surface area contributed by atoms with Crippen LogP contribution in [0, 0.1) is 0 Å². The maximum Gasteiger partial charge on any atom is 0.230 e. The van der Waals surface area contributed by atoms with Gasteiger partial charge < -0.3 is 15.0 Å². The number of hydrogen-bond acceptors (Lipinski definition) is 2. The second kappa shape index (κ2) is 7.42. The van der Waals surface area contributed by atoms with Gasteiger partial charge in [-0.15, -0.1) is 0 Å². The molecule has 0 bridgehead atoms. The number of methoxy groups -OCH3 is 1. The second-order valence-electron chi connectivity index (χ2n) is 6.87. The molecule has 3 aromatic rings. The quantitative estimate of drug-likeness (QED) is 0.672. The molecule has 2 aromatic carbocycles. The van der Waals surface area contributed by atoms with Crippen molar-refractivity contribution in [3.63, 3.8) is 0 Å². The van der Waals surface area contributed by atoms with Gasteiger partial charge >= 0.3 is 0 Å². The monoisotopic (exact) mass is 370 g/mol. The van der Waals surface area contributed by atoms with Gasteiger partial charge in [0.2, 0.25) is 5.91 Å². The third-order valence-electron chi connectivity index (χ3n) is 4.74. The highest BCUT2D eigenvalue weighted by atomic mass is 35.5. The number of benzene rings is 2. The number of carbonyl (C=O) groups excluding carboxylic acids is 1. The van der Waals surface area contributed by atoms with Gasteiger partial charge in [-0.05, 0) is 61.7 Å². The highest BCUT2D eigenvalue weighted by Gasteiger charge is 2.32. The molecule has 2 N–H and O–H groups in total. The Morgan fingerprint density at radius 3 is 2.62 bits per heavy atom. The van der Waals surface area contributed by atoms with Gasteiger partial charge in [0, 0.05) is 28.7 Å². The zero-order valence-electron chi connectivity index (χ0n) is 15.2.